The van der Waals surface area contributed by atoms with Gasteiger partial charge in [-0.15, -0.1) is 11.8 Å². The lowest BCUT2D eigenvalue weighted by Gasteiger charge is -2.32. The minimum atomic E-state index is -1.65. The average molecular weight is 307 g/mol. The van der Waals surface area contributed by atoms with Crippen molar-refractivity contribution >= 4 is 40.9 Å². The predicted octanol–water partition coefficient (Wildman–Crippen LogP) is 3.24. The molecule has 1 heterocycles. The molecule has 1 aromatic rings. The van der Waals surface area contributed by atoms with E-state index < -0.39 is 11.6 Å². The number of fused-ring (bicyclic) bond motifs is 1. The molecule has 18 heavy (non-hydrogen) atoms. The monoisotopic (exact) mass is 306 g/mol. The number of halogens is 2. The molecule has 1 unspecified atom stereocenters. The van der Waals surface area contributed by atoms with Gasteiger partial charge in [0.05, 0.1) is 11.6 Å². The van der Waals surface area contributed by atoms with Crippen LogP contribution in [-0.4, -0.2) is 23.4 Å². The Hall–Kier alpha value is -0.420. The average Bonchev–Trinajstić information content (AvgIpc) is 2.31. The number of benzene rings is 1. The van der Waals surface area contributed by atoms with Gasteiger partial charge in [-0.25, -0.2) is 4.79 Å². The maximum absolute atomic E-state index is 11.9. The second-order valence-corrected chi connectivity index (χ2v) is 5.89. The summed E-state index contributed by atoms with van der Waals surface area (Å²) in [5.41, 5.74) is -1.21. The summed E-state index contributed by atoms with van der Waals surface area (Å²) >= 11 is 13.5. The Morgan fingerprint density at radius 1 is 1.56 bits per heavy atom. The normalized spacial score (nSPS) is 22.4. The van der Waals surface area contributed by atoms with Crippen molar-refractivity contribution in [3.05, 3.63) is 27.7 Å². The highest BCUT2D eigenvalue weighted by Crippen LogP contribution is 2.45. The fourth-order valence-electron chi connectivity index (χ4n) is 1.91. The third kappa shape index (κ3) is 2.35. The van der Waals surface area contributed by atoms with Crippen LogP contribution < -0.4 is 0 Å². The molecular weight excluding hydrogens is 295 g/mol. The van der Waals surface area contributed by atoms with Crippen molar-refractivity contribution in [2.24, 2.45) is 0 Å². The number of carbonyl (C=O) groups excluding carboxylic acids is 1. The zero-order valence-corrected chi connectivity index (χ0v) is 12.0. The van der Waals surface area contributed by atoms with Crippen LogP contribution in [0.4, 0.5) is 0 Å². The molecule has 0 radical (unpaired) electrons. The summed E-state index contributed by atoms with van der Waals surface area (Å²) in [7, 11) is 0. The minimum Gasteiger partial charge on any atom is -0.464 e. The van der Waals surface area contributed by atoms with Crippen molar-refractivity contribution < 1.29 is 14.6 Å². The topological polar surface area (TPSA) is 46.5 Å². The van der Waals surface area contributed by atoms with Crippen LogP contribution >= 0.6 is 35.0 Å². The number of esters is 1. The molecule has 98 valence electrons. The summed E-state index contributed by atoms with van der Waals surface area (Å²) in [6.07, 6.45) is 0.292. The van der Waals surface area contributed by atoms with Crippen LogP contribution in [0.15, 0.2) is 17.0 Å². The molecule has 3 nitrogen and oxygen atoms in total. The van der Waals surface area contributed by atoms with Gasteiger partial charge in [0.1, 0.15) is 0 Å². The molecule has 1 atom stereocenters. The highest BCUT2D eigenvalue weighted by Gasteiger charge is 2.44. The van der Waals surface area contributed by atoms with Crippen molar-refractivity contribution in [2.75, 3.05) is 12.4 Å². The van der Waals surface area contributed by atoms with E-state index in [0.717, 1.165) is 0 Å². The van der Waals surface area contributed by atoms with Crippen molar-refractivity contribution in [2.45, 2.75) is 23.8 Å². The molecule has 2 rings (SSSR count). The summed E-state index contributed by atoms with van der Waals surface area (Å²) in [6, 6.07) is 3.18. The van der Waals surface area contributed by atoms with E-state index in [9.17, 15) is 9.90 Å². The first-order valence-electron chi connectivity index (χ1n) is 5.51. The van der Waals surface area contributed by atoms with E-state index in [4.69, 9.17) is 27.9 Å². The van der Waals surface area contributed by atoms with E-state index >= 15 is 0 Å². The first-order chi connectivity index (χ1) is 8.49. The molecule has 1 aliphatic rings. The summed E-state index contributed by atoms with van der Waals surface area (Å²) in [5.74, 6) is -0.0474. The molecule has 1 N–H and O–H groups in total. The Bertz CT molecular complexity index is 492. The first-order valence-corrected chi connectivity index (χ1v) is 7.25. The molecule has 0 bridgehead atoms. The van der Waals surface area contributed by atoms with Crippen molar-refractivity contribution in [3.8, 4) is 0 Å². The summed E-state index contributed by atoms with van der Waals surface area (Å²) in [4.78, 5) is 12.6. The Morgan fingerprint density at radius 2 is 2.28 bits per heavy atom. The van der Waals surface area contributed by atoms with Crippen LogP contribution in [0.1, 0.15) is 18.9 Å². The molecular formula is C12H12Cl2O3S. The van der Waals surface area contributed by atoms with Crippen LogP contribution in [0.25, 0.3) is 0 Å². The van der Waals surface area contributed by atoms with Crippen LogP contribution in [-0.2, 0) is 15.1 Å². The van der Waals surface area contributed by atoms with Crippen LogP contribution in [0.5, 0.6) is 0 Å². The van der Waals surface area contributed by atoms with Gasteiger partial charge in [0.2, 0.25) is 0 Å². The Kier molecular flexibility index (Phi) is 4.11. The Balaban J connectivity index is 2.53. The molecule has 0 saturated carbocycles. The van der Waals surface area contributed by atoms with E-state index in [-0.39, 0.29) is 6.61 Å². The van der Waals surface area contributed by atoms with Gasteiger partial charge in [0.25, 0.3) is 0 Å². The maximum Gasteiger partial charge on any atom is 0.342 e. The molecule has 0 aromatic heterocycles. The zero-order valence-electron chi connectivity index (χ0n) is 9.70. The highest BCUT2D eigenvalue weighted by molar-refractivity contribution is 7.99. The molecule has 6 heteroatoms. The summed E-state index contributed by atoms with van der Waals surface area (Å²) < 4.78 is 4.94. The number of rotatable bonds is 2. The third-order valence-corrected chi connectivity index (χ3v) is 4.54. The lowest BCUT2D eigenvalue weighted by atomic mass is 9.90. The fourth-order valence-corrected chi connectivity index (χ4v) is 3.75. The van der Waals surface area contributed by atoms with E-state index in [0.29, 0.717) is 32.7 Å². The summed E-state index contributed by atoms with van der Waals surface area (Å²) in [5, 5.41) is 11.4. The smallest absolute Gasteiger partial charge is 0.342 e. The molecule has 0 amide bonds. The molecule has 1 aliphatic heterocycles. The highest BCUT2D eigenvalue weighted by atomic mass is 35.5. The second-order valence-electron chi connectivity index (χ2n) is 3.94. The minimum absolute atomic E-state index is 0.220. The van der Waals surface area contributed by atoms with Gasteiger partial charge in [-0.05, 0) is 19.1 Å². The number of thioether (sulfide) groups is 1. The maximum atomic E-state index is 11.9. The van der Waals surface area contributed by atoms with Gasteiger partial charge in [0, 0.05) is 27.7 Å². The molecule has 0 fully saturated rings. The lowest BCUT2D eigenvalue weighted by Crippen LogP contribution is -2.40. The van der Waals surface area contributed by atoms with E-state index in [1.807, 2.05) is 0 Å². The number of aliphatic hydroxyl groups is 1. The van der Waals surface area contributed by atoms with Crippen molar-refractivity contribution in [1.82, 2.24) is 0 Å². The first kappa shape index (κ1) is 14.0. The largest absolute Gasteiger partial charge is 0.464 e. The van der Waals surface area contributed by atoms with Gasteiger partial charge in [-0.1, -0.05) is 23.2 Å². The molecule has 0 saturated heterocycles. The van der Waals surface area contributed by atoms with Gasteiger partial charge in [-0.2, -0.15) is 0 Å². The van der Waals surface area contributed by atoms with Gasteiger partial charge >= 0.3 is 5.97 Å². The van der Waals surface area contributed by atoms with Crippen molar-refractivity contribution in [1.29, 1.82) is 0 Å². The molecule has 0 aliphatic carbocycles. The SMILES string of the molecule is CCOC(=O)C1(O)CCSc2c(Cl)cc(Cl)cc21. The summed E-state index contributed by atoms with van der Waals surface area (Å²) in [6.45, 7) is 1.92. The molecule has 0 spiro atoms. The van der Waals surface area contributed by atoms with E-state index in [1.165, 1.54) is 11.8 Å². The van der Waals surface area contributed by atoms with Crippen LogP contribution in [0, 0.1) is 0 Å². The number of carbonyl (C=O) groups is 1. The van der Waals surface area contributed by atoms with Gasteiger partial charge in [-0.3, -0.25) is 0 Å². The van der Waals surface area contributed by atoms with Crippen LogP contribution in [0.3, 0.4) is 0 Å². The van der Waals surface area contributed by atoms with E-state index in [2.05, 4.69) is 0 Å². The predicted molar refractivity (Wildman–Crippen MR) is 72.3 cm³/mol. The van der Waals surface area contributed by atoms with Gasteiger partial charge < -0.3 is 9.84 Å². The lowest BCUT2D eigenvalue weighted by molar-refractivity contribution is -0.167. The van der Waals surface area contributed by atoms with E-state index in [1.54, 1.807) is 19.1 Å². The van der Waals surface area contributed by atoms with Crippen molar-refractivity contribution in [3.63, 3.8) is 0 Å². The quantitative estimate of drug-likeness (QED) is 0.852. The second kappa shape index (κ2) is 5.29. The number of hydrogen-bond donors (Lipinski definition) is 1. The number of ether oxygens (including phenoxy) is 1. The standard InChI is InChI=1S/C12H12Cl2O3S/c1-2-17-11(15)12(16)3-4-18-10-8(12)5-7(13)6-9(10)14/h5-6,16H,2-4H2,1H3. The Labute approximate surface area is 119 Å². The number of hydrogen-bond acceptors (Lipinski definition) is 4. The fraction of sp³-hybridized carbons (Fsp3) is 0.417. The van der Waals surface area contributed by atoms with Gasteiger partial charge in [0.15, 0.2) is 5.60 Å². The molecule has 1 aromatic carbocycles. The Morgan fingerprint density at radius 3 is 2.94 bits per heavy atom. The third-order valence-electron chi connectivity index (χ3n) is 2.78. The van der Waals surface area contributed by atoms with Crippen LogP contribution in [0.2, 0.25) is 10.0 Å². The zero-order chi connectivity index (χ0) is 13.3.